The van der Waals surface area contributed by atoms with Crippen LogP contribution in [0.25, 0.3) is 33.4 Å². The van der Waals surface area contributed by atoms with Crippen LogP contribution in [0.1, 0.15) is 94.0 Å². The molecule has 0 atom stereocenters. The Balaban J connectivity index is 0.983. The van der Waals surface area contributed by atoms with Crippen LogP contribution in [-0.4, -0.2) is 0 Å². The second-order valence-electron chi connectivity index (χ2n) is 18.5. The van der Waals surface area contributed by atoms with Gasteiger partial charge in [0, 0.05) is 27.9 Å². The first-order valence-corrected chi connectivity index (χ1v) is 20.2. The predicted octanol–water partition coefficient (Wildman–Crippen LogP) is 13.9. The Morgan fingerprint density at radius 2 is 0.811 bits per heavy atom. The molecular formula is C52H49N. The van der Waals surface area contributed by atoms with Gasteiger partial charge in [-0.15, -0.1) is 0 Å². The van der Waals surface area contributed by atoms with Crippen LogP contribution in [0.5, 0.6) is 0 Å². The topological polar surface area (TPSA) is 3.24 Å². The van der Waals surface area contributed by atoms with Crippen LogP contribution >= 0.6 is 0 Å². The third-order valence-electron chi connectivity index (χ3n) is 14.6. The van der Waals surface area contributed by atoms with E-state index in [4.69, 9.17) is 0 Å². The van der Waals surface area contributed by atoms with E-state index in [9.17, 15) is 0 Å². The van der Waals surface area contributed by atoms with Crippen LogP contribution in [0.2, 0.25) is 0 Å². The van der Waals surface area contributed by atoms with Gasteiger partial charge in [0.1, 0.15) is 0 Å². The maximum Gasteiger partial charge on any atom is 0.0465 e. The van der Waals surface area contributed by atoms with Gasteiger partial charge in [-0.2, -0.15) is 0 Å². The fourth-order valence-electron chi connectivity index (χ4n) is 12.4. The normalized spacial score (nSPS) is 24.7. The molecule has 0 aliphatic heterocycles. The van der Waals surface area contributed by atoms with Crippen molar-refractivity contribution in [3.05, 3.63) is 161 Å². The van der Waals surface area contributed by atoms with E-state index in [2.05, 4.69) is 166 Å². The van der Waals surface area contributed by atoms with E-state index in [0.717, 1.165) is 17.8 Å². The largest absolute Gasteiger partial charge is 0.310 e. The maximum atomic E-state index is 2.48. The van der Waals surface area contributed by atoms with Gasteiger partial charge in [-0.3, -0.25) is 0 Å². The molecule has 1 nitrogen and oxygen atoms in total. The van der Waals surface area contributed by atoms with Crippen molar-refractivity contribution in [3.63, 3.8) is 0 Å². The average molecular weight is 688 g/mol. The lowest BCUT2D eigenvalue weighted by Crippen LogP contribution is -2.48. The first-order valence-electron chi connectivity index (χ1n) is 20.2. The molecule has 53 heavy (non-hydrogen) atoms. The molecule has 6 aromatic rings. The molecule has 0 spiro atoms. The van der Waals surface area contributed by atoms with Gasteiger partial charge in [-0.25, -0.2) is 0 Å². The van der Waals surface area contributed by atoms with Crippen LogP contribution in [0.3, 0.4) is 0 Å². The van der Waals surface area contributed by atoms with E-state index in [1.54, 1.807) is 5.56 Å². The number of benzene rings is 6. The molecule has 0 aromatic heterocycles. The minimum Gasteiger partial charge on any atom is -0.310 e. The lowest BCUT2D eigenvalue weighted by Gasteiger charge is -2.57. The average Bonchev–Trinajstić information content (AvgIpc) is 3.54. The predicted molar refractivity (Wildman–Crippen MR) is 222 cm³/mol. The highest BCUT2D eigenvalue weighted by molar-refractivity contribution is 5.88. The second kappa shape index (κ2) is 11.1. The third-order valence-corrected chi connectivity index (χ3v) is 14.6. The van der Waals surface area contributed by atoms with Crippen molar-refractivity contribution in [2.75, 3.05) is 4.90 Å². The summed E-state index contributed by atoms with van der Waals surface area (Å²) in [7, 11) is 0. The van der Waals surface area contributed by atoms with Crippen molar-refractivity contribution in [1.29, 1.82) is 0 Å². The standard InChI is InChI=1S/C52H49N/c1-50(2)46-11-7-5-9-42(46)44-23-21-40(28-48(44)50)53(41-22-24-45-43-10-6-8-12-47(43)51(3,4)49(45)29-41)39-19-15-37(16-20-39)36-13-17-38(18-14-36)52-30-33-25-34(31-52)27-35(26-33)32-52/h5-24,28-29,33-35H,25-27,30-32H2,1-4H3. The van der Waals surface area contributed by atoms with Crippen molar-refractivity contribution >= 4 is 17.1 Å². The second-order valence-corrected chi connectivity index (χ2v) is 18.5. The van der Waals surface area contributed by atoms with Gasteiger partial charge in [-0.05, 0) is 159 Å². The molecule has 1 heteroatoms. The Bertz CT molecular complexity index is 2280. The van der Waals surface area contributed by atoms with Crippen LogP contribution in [0.4, 0.5) is 17.1 Å². The molecule has 4 fully saturated rings. The Morgan fingerprint density at radius 3 is 1.28 bits per heavy atom. The number of fused-ring (bicyclic) bond motifs is 6. The van der Waals surface area contributed by atoms with Crippen molar-refractivity contribution in [2.45, 2.75) is 82.5 Å². The van der Waals surface area contributed by atoms with E-state index >= 15 is 0 Å². The number of rotatable bonds is 5. The quantitative estimate of drug-likeness (QED) is 0.174. The summed E-state index contributed by atoms with van der Waals surface area (Å²) in [6, 6.07) is 51.3. The molecule has 6 aliphatic rings. The molecule has 4 bridgehead atoms. The van der Waals surface area contributed by atoms with E-state index < -0.39 is 0 Å². The van der Waals surface area contributed by atoms with Crippen molar-refractivity contribution in [3.8, 4) is 33.4 Å². The molecule has 0 unspecified atom stereocenters. The number of hydrogen-bond donors (Lipinski definition) is 0. The highest BCUT2D eigenvalue weighted by Gasteiger charge is 2.51. The first kappa shape index (κ1) is 31.6. The smallest absolute Gasteiger partial charge is 0.0465 e. The van der Waals surface area contributed by atoms with Gasteiger partial charge < -0.3 is 4.90 Å². The van der Waals surface area contributed by atoms with Gasteiger partial charge in [0.15, 0.2) is 0 Å². The highest BCUT2D eigenvalue weighted by Crippen LogP contribution is 2.61. The minimum atomic E-state index is -0.0681. The fourth-order valence-corrected chi connectivity index (χ4v) is 12.4. The summed E-state index contributed by atoms with van der Waals surface area (Å²) in [5.41, 5.74) is 19.1. The third kappa shape index (κ3) is 4.62. The van der Waals surface area contributed by atoms with E-state index in [-0.39, 0.29) is 10.8 Å². The molecule has 12 rings (SSSR count). The lowest BCUT2D eigenvalue weighted by atomic mass is 9.48. The molecule has 6 aromatic carbocycles. The summed E-state index contributed by atoms with van der Waals surface area (Å²) < 4.78 is 0. The van der Waals surface area contributed by atoms with E-state index in [1.807, 2.05) is 0 Å². The number of hydrogen-bond acceptors (Lipinski definition) is 1. The van der Waals surface area contributed by atoms with Gasteiger partial charge >= 0.3 is 0 Å². The summed E-state index contributed by atoms with van der Waals surface area (Å²) >= 11 is 0. The molecule has 0 N–H and O–H groups in total. The van der Waals surface area contributed by atoms with Gasteiger partial charge in [-0.1, -0.05) is 125 Å². The fraction of sp³-hybridized carbons (Fsp3) is 0.308. The minimum absolute atomic E-state index is 0.0681. The summed E-state index contributed by atoms with van der Waals surface area (Å²) in [5.74, 6) is 2.90. The zero-order chi connectivity index (χ0) is 35.7. The Morgan fingerprint density at radius 1 is 0.415 bits per heavy atom. The summed E-state index contributed by atoms with van der Waals surface area (Å²) in [4.78, 5) is 2.48. The molecule has 0 amide bonds. The summed E-state index contributed by atoms with van der Waals surface area (Å²) in [6.07, 6.45) is 8.74. The molecule has 0 saturated heterocycles. The van der Waals surface area contributed by atoms with Gasteiger partial charge in [0.2, 0.25) is 0 Å². The number of anilines is 3. The molecule has 6 aliphatic carbocycles. The molecule has 0 radical (unpaired) electrons. The molecule has 0 heterocycles. The first-order chi connectivity index (χ1) is 25.7. The van der Waals surface area contributed by atoms with E-state index in [0.29, 0.717) is 5.41 Å². The maximum absolute atomic E-state index is 2.48. The van der Waals surface area contributed by atoms with Crippen LogP contribution < -0.4 is 4.90 Å². The zero-order valence-corrected chi connectivity index (χ0v) is 31.6. The van der Waals surface area contributed by atoms with Gasteiger partial charge in [0.05, 0.1) is 0 Å². The Hall–Kier alpha value is -4.88. The van der Waals surface area contributed by atoms with Crippen molar-refractivity contribution in [2.24, 2.45) is 17.8 Å². The number of nitrogens with zero attached hydrogens (tertiary/aromatic N) is 1. The van der Waals surface area contributed by atoms with Crippen molar-refractivity contribution in [1.82, 2.24) is 0 Å². The highest BCUT2D eigenvalue weighted by atomic mass is 15.1. The lowest BCUT2D eigenvalue weighted by molar-refractivity contribution is -0.00518. The Labute approximate surface area is 315 Å². The SMILES string of the molecule is CC1(C)c2ccccc2-c2ccc(N(c3ccc(-c4ccc(C56CC7CC(CC(C7)C5)C6)cc4)cc3)c3ccc4c(c3)C(C)(C)c3ccccc3-4)cc21. The summed E-state index contributed by atoms with van der Waals surface area (Å²) in [5, 5.41) is 0. The van der Waals surface area contributed by atoms with Crippen LogP contribution in [0, 0.1) is 17.8 Å². The van der Waals surface area contributed by atoms with E-state index in [1.165, 1.54) is 111 Å². The molecule has 262 valence electrons. The molecule has 4 saturated carbocycles. The van der Waals surface area contributed by atoms with Gasteiger partial charge in [0.25, 0.3) is 0 Å². The monoisotopic (exact) mass is 687 g/mol. The van der Waals surface area contributed by atoms with Crippen molar-refractivity contribution < 1.29 is 0 Å². The summed E-state index contributed by atoms with van der Waals surface area (Å²) in [6.45, 7) is 9.52. The van der Waals surface area contributed by atoms with Crippen LogP contribution in [0.15, 0.2) is 133 Å². The molecular weight excluding hydrogens is 639 g/mol. The Kier molecular flexibility index (Phi) is 6.61. The van der Waals surface area contributed by atoms with Crippen LogP contribution in [-0.2, 0) is 16.2 Å². The zero-order valence-electron chi connectivity index (χ0n) is 31.6.